The van der Waals surface area contributed by atoms with Crippen LogP contribution in [0, 0.1) is 5.92 Å². The highest BCUT2D eigenvalue weighted by Gasteiger charge is 2.10. The van der Waals surface area contributed by atoms with Gasteiger partial charge in [-0.2, -0.15) is 0 Å². The van der Waals surface area contributed by atoms with Crippen LogP contribution < -0.4 is 0 Å². The fourth-order valence-electron chi connectivity index (χ4n) is 0.388. The zero-order valence-electron chi connectivity index (χ0n) is 7.03. The monoisotopic (exact) mass is 162 g/mol. The fourth-order valence-corrected chi connectivity index (χ4v) is 0.388. The Balaban J connectivity index is 3.46. The first-order valence-corrected chi connectivity index (χ1v) is 3.45. The van der Waals surface area contributed by atoms with E-state index >= 15 is 0 Å². The summed E-state index contributed by atoms with van der Waals surface area (Å²) in [6.07, 6.45) is -1.02. The van der Waals surface area contributed by atoms with Crippen molar-refractivity contribution in [2.45, 2.75) is 20.1 Å². The third kappa shape index (κ3) is 4.75. The average Bonchev–Trinajstić information content (AvgIpc) is 1.99. The van der Waals surface area contributed by atoms with E-state index in [0.717, 1.165) is 0 Å². The van der Waals surface area contributed by atoms with E-state index in [1.165, 1.54) is 7.11 Å². The molecule has 0 aromatic carbocycles. The van der Waals surface area contributed by atoms with Crippen LogP contribution in [-0.4, -0.2) is 31.1 Å². The molecule has 0 aliphatic heterocycles. The zero-order chi connectivity index (χ0) is 8.85. The zero-order valence-corrected chi connectivity index (χ0v) is 7.03. The Morgan fingerprint density at radius 2 is 2.09 bits per heavy atom. The molecule has 66 valence electrons. The van der Waals surface area contributed by atoms with E-state index < -0.39 is 6.29 Å². The minimum atomic E-state index is -1.02. The summed E-state index contributed by atoms with van der Waals surface area (Å²) in [5.41, 5.74) is 0. The number of hydrogen-bond acceptors (Lipinski definition) is 4. The first-order valence-electron chi connectivity index (χ1n) is 3.45. The first-order chi connectivity index (χ1) is 5.07. The van der Waals surface area contributed by atoms with Crippen LogP contribution in [0.2, 0.25) is 0 Å². The molecule has 4 heteroatoms. The molecule has 0 bridgehead atoms. The van der Waals surface area contributed by atoms with Crippen molar-refractivity contribution < 1.29 is 19.4 Å². The van der Waals surface area contributed by atoms with Gasteiger partial charge in [-0.15, -0.1) is 0 Å². The van der Waals surface area contributed by atoms with Crippen LogP contribution in [0.5, 0.6) is 0 Å². The predicted octanol–water partition coefficient (Wildman–Crippen LogP) is 0.150. The average molecular weight is 162 g/mol. The van der Waals surface area contributed by atoms with Crippen LogP contribution in [0.1, 0.15) is 13.8 Å². The summed E-state index contributed by atoms with van der Waals surface area (Å²) in [4.78, 5) is 10.8. The Labute approximate surface area is 66.1 Å². The van der Waals surface area contributed by atoms with Gasteiger partial charge < -0.3 is 14.6 Å². The van der Waals surface area contributed by atoms with E-state index in [9.17, 15) is 4.79 Å². The van der Waals surface area contributed by atoms with Gasteiger partial charge in [0.05, 0.1) is 5.92 Å². The van der Waals surface area contributed by atoms with E-state index in [1.807, 2.05) is 0 Å². The van der Waals surface area contributed by atoms with E-state index in [-0.39, 0.29) is 18.5 Å². The molecule has 0 saturated heterocycles. The maximum Gasteiger partial charge on any atom is 0.308 e. The Hall–Kier alpha value is -0.610. The molecule has 0 aromatic heterocycles. The number of aliphatic hydroxyl groups excluding tert-OH is 1. The molecule has 1 atom stereocenters. The van der Waals surface area contributed by atoms with Crippen molar-refractivity contribution >= 4 is 5.97 Å². The number of carbonyl (C=O) groups is 1. The maximum absolute atomic E-state index is 10.8. The Kier molecular flexibility index (Phi) is 4.81. The minimum absolute atomic E-state index is 0.104. The smallest absolute Gasteiger partial charge is 0.308 e. The van der Waals surface area contributed by atoms with Gasteiger partial charge in [-0.3, -0.25) is 4.79 Å². The van der Waals surface area contributed by atoms with Crippen molar-refractivity contribution in [3.05, 3.63) is 0 Å². The third-order valence-corrected chi connectivity index (χ3v) is 1.11. The Bertz CT molecular complexity index is 122. The van der Waals surface area contributed by atoms with Crippen LogP contribution in [-0.2, 0) is 14.3 Å². The molecular weight excluding hydrogens is 148 g/mol. The van der Waals surface area contributed by atoms with Crippen molar-refractivity contribution in [3.8, 4) is 0 Å². The van der Waals surface area contributed by atoms with Crippen molar-refractivity contribution in [1.82, 2.24) is 0 Å². The Morgan fingerprint density at radius 1 is 1.55 bits per heavy atom. The van der Waals surface area contributed by atoms with Gasteiger partial charge in [0.15, 0.2) is 6.29 Å². The highest BCUT2D eigenvalue weighted by molar-refractivity contribution is 5.71. The fraction of sp³-hybridized carbons (Fsp3) is 0.857. The lowest BCUT2D eigenvalue weighted by molar-refractivity contribution is -0.163. The number of ether oxygens (including phenoxy) is 2. The normalized spacial score (nSPS) is 13.2. The molecule has 0 heterocycles. The molecule has 0 amide bonds. The van der Waals surface area contributed by atoms with Crippen LogP contribution in [0.4, 0.5) is 0 Å². The van der Waals surface area contributed by atoms with Gasteiger partial charge in [-0.05, 0) is 0 Å². The molecule has 0 rings (SSSR count). The number of rotatable bonds is 4. The van der Waals surface area contributed by atoms with E-state index in [1.54, 1.807) is 13.8 Å². The summed E-state index contributed by atoms with van der Waals surface area (Å²) < 4.78 is 9.10. The van der Waals surface area contributed by atoms with Gasteiger partial charge in [0.2, 0.25) is 0 Å². The maximum atomic E-state index is 10.8. The van der Waals surface area contributed by atoms with Crippen LogP contribution in [0.15, 0.2) is 0 Å². The van der Waals surface area contributed by atoms with Gasteiger partial charge in [-0.25, -0.2) is 0 Å². The highest BCUT2D eigenvalue weighted by Crippen LogP contribution is 1.96. The molecule has 0 aliphatic carbocycles. The van der Waals surface area contributed by atoms with Gasteiger partial charge in [0.1, 0.15) is 6.61 Å². The van der Waals surface area contributed by atoms with Crippen LogP contribution >= 0.6 is 0 Å². The second-order valence-electron chi connectivity index (χ2n) is 2.48. The van der Waals surface area contributed by atoms with Gasteiger partial charge in [-0.1, -0.05) is 13.8 Å². The van der Waals surface area contributed by atoms with E-state index in [0.29, 0.717) is 0 Å². The third-order valence-electron chi connectivity index (χ3n) is 1.11. The predicted molar refractivity (Wildman–Crippen MR) is 38.8 cm³/mol. The van der Waals surface area contributed by atoms with Gasteiger partial charge in [0.25, 0.3) is 0 Å². The van der Waals surface area contributed by atoms with Crippen molar-refractivity contribution in [2.75, 3.05) is 13.7 Å². The van der Waals surface area contributed by atoms with E-state index in [4.69, 9.17) is 5.11 Å². The molecule has 0 aliphatic rings. The summed E-state index contributed by atoms with van der Waals surface area (Å²) in [6.45, 7) is 3.34. The second kappa shape index (κ2) is 5.09. The van der Waals surface area contributed by atoms with E-state index in [2.05, 4.69) is 9.47 Å². The van der Waals surface area contributed by atoms with Crippen molar-refractivity contribution in [2.24, 2.45) is 5.92 Å². The largest absolute Gasteiger partial charge is 0.460 e. The molecule has 0 spiro atoms. The number of carbonyl (C=O) groups excluding carboxylic acids is 1. The molecule has 0 saturated carbocycles. The summed E-state index contributed by atoms with van der Waals surface area (Å²) in [5, 5.41) is 8.79. The second-order valence-corrected chi connectivity index (χ2v) is 2.48. The van der Waals surface area contributed by atoms with Gasteiger partial charge in [0, 0.05) is 7.11 Å². The first kappa shape index (κ1) is 10.4. The lowest BCUT2D eigenvalue weighted by Gasteiger charge is -2.10. The molecule has 4 nitrogen and oxygen atoms in total. The van der Waals surface area contributed by atoms with Crippen molar-refractivity contribution in [3.63, 3.8) is 0 Å². The summed E-state index contributed by atoms with van der Waals surface area (Å²) in [5.74, 6) is -0.500. The lowest BCUT2D eigenvalue weighted by atomic mass is 10.2. The lowest BCUT2D eigenvalue weighted by Crippen LogP contribution is -2.22. The van der Waals surface area contributed by atoms with Crippen LogP contribution in [0.25, 0.3) is 0 Å². The minimum Gasteiger partial charge on any atom is -0.460 e. The van der Waals surface area contributed by atoms with Crippen molar-refractivity contribution in [1.29, 1.82) is 0 Å². The highest BCUT2D eigenvalue weighted by atomic mass is 16.6. The number of aliphatic hydroxyl groups is 1. The number of esters is 1. The molecular formula is C7H14O4. The molecule has 0 aromatic rings. The number of methoxy groups -OCH3 is 1. The standard InChI is InChI=1S/C7H14O4/c1-5(2)7(9)11-4-6(8)10-3/h5-6,8H,4H2,1-3H3. The molecule has 1 N–H and O–H groups in total. The SMILES string of the molecule is COC(O)COC(=O)C(C)C. The quantitative estimate of drug-likeness (QED) is 0.472. The summed E-state index contributed by atoms with van der Waals surface area (Å²) >= 11 is 0. The Morgan fingerprint density at radius 3 is 2.45 bits per heavy atom. The molecule has 1 unspecified atom stereocenters. The summed E-state index contributed by atoms with van der Waals surface area (Å²) in [6, 6.07) is 0. The molecule has 0 radical (unpaired) electrons. The molecule has 0 fully saturated rings. The van der Waals surface area contributed by atoms with Crippen LogP contribution in [0.3, 0.4) is 0 Å². The molecule has 11 heavy (non-hydrogen) atoms. The topological polar surface area (TPSA) is 55.8 Å². The van der Waals surface area contributed by atoms with Gasteiger partial charge >= 0.3 is 5.97 Å². The number of hydrogen-bond donors (Lipinski definition) is 1. The summed E-state index contributed by atoms with van der Waals surface area (Å²) in [7, 11) is 1.34.